The van der Waals surface area contributed by atoms with Crippen molar-refractivity contribution >= 4 is 38.9 Å². The van der Waals surface area contributed by atoms with Crippen molar-refractivity contribution < 1.29 is 31.2 Å². The molecule has 0 saturated carbocycles. The summed E-state index contributed by atoms with van der Waals surface area (Å²) in [5, 5.41) is 4.09. The number of carbonyl (C=O) groups is 2. The van der Waals surface area contributed by atoms with Gasteiger partial charge in [-0.2, -0.15) is 0 Å². The average Bonchev–Trinajstić information content (AvgIpc) is 2.59. The zero-order valence-corrected chi connectivity index (χ0v) is 15.2. The van der Waals surface area contributed by atoms with E-state index in [1.54, 1.807) is 0 Å². The first-order valence-electron chi connectivity index (χ1n) is 7.22. The van der Waals surface area contributed by atoms with E-state index >= 15 is 0 Å². The minimum atomic E-state index is -3.59. The number of anilines is 1. The minimum absolute atomic E-state index is 0.0491. The highest BCUT2D eigenvalue weighted by Crippen LogP contribution is 2.21. The molecule has 2 aromatic carbocycles. The molecule has 0 spiro atoms. The Bertz CT molecular complexity index is 1030. The fourth-order valence-corrected chi connectivity index (χ4v) is 2.83. The number of carbonyl (C=O) groups excluding carboxylic acids is 2. The molecule has 0 atom stereocenters. The predicted octanol–water partition coefficient (Wildman–Crippen LogP) is 2.53. The summed E-state index contributed by atoms with van der Waals surface area (Å²) in [7, 11) is -3.59. The third kappa shape index (κ3) is 4.98. The summed E-state index contributed by atoms with van der Waals surface area (Å²) in [6, 6.07) is 4.92. The second-order valence-corrected chi connectivity index (χ2v) is 7.79. The van der Waals surface area contributed by atoms with E-state index < -0.39 is 51.3 Å². The van der Waals surface area contributed by atoms with E-state index in [0.717, 1.165) is 18.4 Å². The molecular weight excluding hydrogens is 409 g/mol. The Labute approximate surface area is 157 Å². The predicted molar refractivity (Wildman–Crippen MR) is 91.8 cm³/mol. The molecule has 0 aliphatic carbocycles. The summed E-state index contributed by atoms with van der Waals surface area (Å²) in [5.74, 6) is -6.53. The number of hydrogen-bond acceptors (Lipinski definition) is 4. The van der Waals surface area contributed by atoms with Crippen LogP contribution in [0.25, 0.3) is 0 Å². The van der Waals surface area contributed by atoms with Gasteiger partial charge in [0.2, 0.25) is 5.91 Å². The van der Waals surface area contributed by atoms with Crippen molar-refractivity contribution in [2.24, 2.45) is 0 Å². The number of benzene rings is 2. The van der Waals surface area contributed by atoms with Gasteiger partial charge in [-0.05, 0) is 30.3 Å². The maximum Gasteiger partial charge on any atom is 0.253 e. The molecule has 144 valence electrons. The van der Waals surface area contributed by atoms with Crippen LogP contribution in [-0.2, 0) is 14.6 Å². The molecule has 11 heteroatoms. The maximum absolute atomic E-state index is 13.5. The fraction of sp³-hybridized carbons (Fsp3) is 0.125. The molecule has 0 aliphatic heterocycles. The molecule has 0 fully saturated rings. The van der Waals surface area contributed by atoms with E-state index in [9.17, 15) is 31.2 Å². The van der Waals surface area contributed by atoms with Gasteiger partial charge in [-0.3, -0.25) is 9.59 Å². The van der Waals surface area contributed by atoms with Crippen molar-refractivity contribution in [1.29, 1.82) is 0 Å². The maximum atomic E-state index is 13.5. The number of halogens is 4. The van der Waals surface area contributed by atoms with Gasteiger partial charge in [0, 0.05) is 6.26 Å². The summed E-state index contributed by atoms with van der Waals surface area (Å²) >= 11 is 5.86. The van der Waals surface area contributed by atoms with Crippen molar-refractivity contribution in [3.05, 3.63) is 58.4 Å². The van der Waals surface area contributed by atoms with Gasteiger partial charge in [-0.15, -0.1) is 0 Å². The Kier molecular flexibility index (Phi) is 6.11. The lowest BCUT2D eigenvalue weighted by Crippen LogP contribution is -2.33. The lowest BCUT2D eigenvalue weighted by atomic mass is 10.2. The van der Waals surface area contributed by atoms with E-state index in [-0.39, 0.29) is 15.5 Å². The summed E-state index contributed by atoms with van der Waals surface area (Å²) in [6.07, 6.45) is 0.946. The van der Waals surface area contributed by atoms with Crippen molar-refractivity contribution in [1.82, 2.24) is 5.32 Å². The lowest BCUT2D eigenvalue weighted by molar-refractivity contribution is -0.115. The van der Waals surface area contributed by atoms with E-state index in [4.69, 9.17) is 11.6 Å². The van der Waals surface area contributed by atoms with Crippen LogP contribution in [0.5, 0.6) is 0 Å². The van der Waals surface area contributed by atoms with Crippen LogP contribution in [0.3, 0.4) is 0 Å². The quantitative estimate of drug-likeness (QED) is 0.727. The third-order valence-corrected chi connectivity index (χ3v) is 4.77. The Morgan fingerprint density at radius 2 is 1.74 bits per heavy atom. The molecule has 6 nitrogen and oxygen atoms in total. The number of rotatable bonds is 5. The van der Waals surface area contributed by atoms with Gasteiger partial charge in [-0.1, -0.05) is 11.6 Å². The molecule has 2 rings (SSSR count). The Hall–Kier alpha value is -2.59. The molecule has 27 heavy (non-hydrogen) atoms. The van der Waals surface area contributed by atoms with Crippen LogP contribution in [0.4, 0.5) is 18.9 Å². The zero-order chi connectivity index (χ0) is 20.4. The van der Waals surface area contributed by atoms with Crippen LogP contribution in [0.15, 0.2) is 35.2 Å². The van der Waals surface area contributed by atoms with Crippen LogP contribution >= 0.6 is 11.6 Å². The minimum Gasteiger partial charge on any atom is -0.343 e. The summed E-state index contributed by atoms with van der Waals surface area (Å²) in [4.78, 5) is 23.7. The van der Waals surface area contributed by atoms with Crippen molar-refractivity contribution in [3.8, 4) is 0 Å². The van der Waals surface area contributed by atoms with Crippen molar-refractivity contribution in [3.63, 3.8) is 0 Å². The number of nitrogens with one attached hydrogen (secondary N) is 2. The molecule has 0 unspecified atom stereocenters. The number of amides is 2. The number of hydrogen-bond donors (Lipinski definition) is 2. The Balaban J connectivity index is 2.08. The van der Waals surface area contributed by atoms with Crippen molar-refractivity contribution in [2.75, 3.05) is 18.1 Å². The van der Waals surface area contributed by atoms with E-state index in [0.29, 0.717) is 6.07 Å². The first-order valence-corrected chi connectivity index (χ1v) is 9.49. The fourth-order valence-electron chi connectivity index (χ4n) is 1.98. The van der Waals surface area contributed by atoms with Crippen molar-refractivity contribution in [2.45, 2.75) is 4.90 Å². The van der Waals surface area contributed by atoms with Gasteiger partial charge >= 0.3 is 0 Å². The highest BCUT2D eigenvalue weighted by atomic mass is 35.5. The first-order chi connectivity index (χ1) is 12.5. The van der Waals surface area contributed by atoms with Gasteiger partial charge < -0.3 is 10.6 Å². The molecule has 2 aromatic rings. The van der Waals surface area contributed by atoms with E-state index in [2.05, 4.69) is 5.32 Å². The van der Waals surface area contributed by atoms with Gasteiger partial charge in [0.05, 0.1) is 27.7 Å². The van der Waals surface area contributed by atoms with Gasteiger partial charge in [0.25, 0.3) is 5.91 Å². The molecule has 0 saturated heterocycles. The van der Waals surface area contributed by atoms with Crippen LogP contribution in [0.1, 0.15) is 10.4 Å². The summed E-state index contributed by atoms with van der Waals surface area (Å²) in [5.41, 5.74) is -0.795. The topological polar surface area (TPSA) is 92.3 Å². The molecule has 0 bridgehead atoms. The number of sulfone groups is 1. The normalized spacial score (nSPS) is 11.1. The molecule has 0 aliphatic rings. The Morgan fingerprint density at radius 1 is 1.07 bits per heavy atom. The van der Waals surface area contributed by atoms with E-state index in [1.807, 2.05) is 5.32 Å². The van der Waals surface area contributed by atoms with Crippen LogP contribution in [0.2, 0.25) is 5.02 Å². The molecule has 0 aromatic heterocycles. The zero-order valence-electron chi connectivity index (χ0n) is 13.6. The molecular formula is C16H12ClF3N2O4S. The highest BCUT2D eigenvalue weighted by molar-refractivity contribution is 7.90. The van der Waals surface area contributed by atoms with Crippen LogP contribution in [0, 0.1) is 17.5 Å². The second-order valence-electron chi connectivity index (χ2n) is 5.37. The standard InChI is InChI=1S/C16H12ClF3N2O4S/c1-27(25,26)8-2-3-10(17)9(6-8)16(24)21-7-13(23)22-12-5-4-11(18)14(19)15(12)20/h2-6H,7H2,1H3,(H,21,24)(H,22,23). The monoisotopic (exact) mass is 420 g/mol. The molecule has 0 radical (unpaired) electrons. The molecule has 2 N–H and O–H groups in total. The van der Waals surface area contributed by atoms with E-state index in [1.165, 1.54) is 12.1 Å². The smallest absolute Gasteiger partial charge is 0.253 e. The third-order valence-electron chi connectivity index (χ3n) is 3.33. The molecule has 2 amide bonds. The Morgan fingerprint density at radius 3 is 2.37 bits per heavy atom. The lowest BCUT2D eigenvalue weighted by Gasteiger charge is -2.10. The SMILES string of the molecule is CS(=O)(=O)c1ccc(Cl)c(C(=O)NCC(=O)Nc2ccc(F)c(F)c2F)c1. The highest BCUT2D eigenvalue weighted by Gasteiger charge is 2.18. The van der Waals surface area contributed by atoms with Gasteiger partial charge in [-0.25, -0.2) is 21.6 Å². The van der Waals surface area contributed by atoms with Crippen LogP contribution < -0.4 is 10.6 Å². The summed E-state index contributed by atoms with van der Waals surface area (Å²) in [6.45, 7) is -0.656. The summed E-state index contributed by atoms with van der Waals surface area (Å²) < 4.78 is 62.6. The van der Waals surface area contributed by atoms with Gasteiger partial charge in [0.15, 0.2) is 27.3 Å². The average molecular weight is 421 g/mol. The van der Waals surface area contributed by atoms with Crippen LogP contribution in [-0.4, -0.2) is 33.0 Å². The van der Waals surface area contributed by atoms with Gasteiger partial charge in [0.1, 0.15) is 0 Å². The first kappa shape index (κ1) is 20.7. The largest absolute Gasteiger partial charge is 0.343 e. The molecule has 0 heterocycles. The second kappa shape index (κ2) is 7.97.